The molecule has 2 aliphatic carbocycles. The van der Waals surface area contributed by atoms with Crippen molar-refractivity contribution in [1.82, 2.24) is 10.6 Å². The van der Waals surface area contributed by atoms with Crippen molar-refractivity contribution in [3.05, 3.63) is 59.9 Å². The van der Waals surface area contributed by atoms with Gasteiger partial charge in [0.05, 0.1) is 0 Å². The van der Waals surface area contributed by atoms with Gasteiger partial charge >= 0.3 is 0 Å². The van der Waals surface area contributed by atoms with Gasteiger partial charge in [0.25, 0.3) is 0 Å². The Kier molecular flexibility index (Phi) is 8.26. The van der Waals surface area contributed by atoms with E-state index in [0.717, 1.165) is 60.3 Å². The van der Waals surface area contributed by atoms with Crippen LogP contribution in [0.15, 0.2) is 52.9 Å². The summed E-state index contributed by atoms with van der Waals surface area (Å²) in [7, 11) is 0. The van der Waals surface area contributed by atoms with Crippen LogP contribution in [0, 0.1) is 5.41 Å². The summed E-state index contributed by atoms with van der Waals surface area (Å²) < 4.78 is 18.8. The van der Waals surface area contributed by atoms with Gasteiger partial charge in [-0.15, -0.1) is 0 Å². The molecule has 230 valence electrons. The molecular formula is C37H54N2O3. The van der Waals surface area contributed by atoms with Gasteiger partial charge in [-0.3, -0.25) is 0 Å². The molecule has 2 N–H and O–H groups in total. The minimum absolute atomic E-state index is 0.00602. The minimum atomic E-state index is -0.0433. The van der Waals surface area contributed by atoms with Crippen LogP contribution < -0.4 is 20.1 Å². The lowest BCUT2D eigenvalue weighted by molar-refractivity contribution is 0.0449. The Morgan fingerprint density at radius 2 is 1.31 bits per heavy atom. The second kappa shape index (κ2) is 11.2. The lowest BCUT2D eigenvalue weighted by Crippen LogP contribution is -2.60. The topological polar surface area (TPSA) is 55.7 Å². The van der Waals surface area contributed by atoms with Crippen LogP contribution in [0.25, 0.3) is 11.0 Å². The van der Waals surface area contributed by atoms with Crippen molar-refractivity contribution in [2.45, 2.75) is 142 Å². The van der Waals surface area contributed by atoms with Gasteiger partial charge in [0.1, 0.15) is 35.1 Å². The normalized spacial score (nSPS) is 23.4. The number of nitrogens with one attached hydrogen (secondary N) is 2. The first-order valence-electron chi connectivity index (χ1n) is 16.0. The Balaban J connectivity index is 1.10. The Morgan fingerprint density at radius 3 is 1.90 bits per heavy atom. The molecule has 2 aromatic carbocycles. The summed E-state index contributed by atoms with van der Waals surface area (Å²) in [6, 6.07) is 18.1. The van der Waals surface area contributed by atoms with Crippen molar-refractivity contribution >= 4 is 11.0 Å². The summed E-state index contributed by atoms with van der Waals surface area (Å²) in [5.41, 5.74) is 2.41. The van der Waals surface area contributed by atoms with Crippen molar-refractivity contribution in [3.8, 4) is 11.5 Å². The van der Waals surface area contributed by atoms with Crippen LogP contribution in [0.4, 0.5) is 0 Å². The van der Waals surface area contributed by atoms with Gasteiger partial charge in [-0.2, -0.15) is 0 Å². The van der Waals surface area contributed by atoms with E-state index in [2.05, 4.69) is 116 Å². The van der Waals surface area contributed by atoms with Crippen LogP contribution in [-0.4, -0.2) is 35.4 Å². The summed E-state index contributed by atoms with van der Waals surface area (Å²) in [4.78, 5) is 0. The maximum atomic E-state index is 6.37. The molecule has 3 aromatic rings. The molecule has 2 aliphatic rings. The van der Waals surface area contributed by atoms with Crippen LogP contribution in [-0.2, 0) is 11.8 Å². The van der Waals surface area contributed by atoms with Gasteiger partial charge in [-0.25, -0.2) is 0 Å². The first-order valence-corrected chi connectivity index (χ1v) is 16.0. The molecule has 0 spiro atoms. The molecule has 0 amide bonds. The average molecular weight is 575 g/mol. The minimum Gasteiger partial charge on any atom is -0.490 e. The molecule has 0 saturated heterocycles. The molecule has 0 aliphatic heterocycles. The van der Waals surface area contributed by atoms with E-state index < -0.39 is 0 Å². The van der Waals surface area contributed by atoms with Crippen LogP contribution >= 0.6 is 0 Å². The van der Waals surface area contributed by atoms with E-state index in [1.165, 1.54) is 5.56 Å². The molecule has 2 saturated carbocycles. The molecule has 42 heavy (non-hydrogen) atoms. The Hall–Kier alpha value is -2.50. The number of hydrogen-bond acceptors (Lipinski definition) is 5. The van der Waals surface area contributed by atoms with Gasteiger partial charge in [0.2, 0.25) is 0 Å². The number of benzene rings is 2. The average Bonchev–Trinajstić information content (AvgIpc) is 3.24. The molecule has 0 radical (unpaired) electrons. The molecule has 5 heteroatoms. The zero-order chi connectivity index (χ0) is 30.5. The lowest BCUT2D eigenvalue weighted by atomic mass is 9.69. The van der Waals surface area contributed by atoms with E-state index in [4.69, 9.17) is 13.9 Å². The third kappa shape index (κ3) is 7.34. The van der Waals surface area contributed by atoms with Gasteiger partial charge in [0.15, 0.2) is 0 Å². The zero-order valence-electron chi connectivity index (χ0n) is 27.7. The van der Waals surface area contributed by atoms with Crippen LogP contribution in [0.5, 0.6) is 11.5 Å². The second-order valence-corrected chi connectivity index (χ2v) is 16.2. The monoisotopic (exact) mass is 574 g/mol. The summed E-state index contributed by atoms with van der Waals surface area (Å²) in [5.74, 6) is 2.93. The number of rotatable bonds is 10. The highest BCUT2D eigenvalue weighted by Gasteiger charge is 2.42. The molecule has 0 bridgehead atoms. The molecule has 5 nitrogen and oxygen atoms in total. The SMILES string of the molecule is CC(C)(C)NC1CC(Oc2cccc(CC(C)(C)C(C)(C)NC3CC(Oc4ccc5oc(C(C)(C)C)cc5c4)C3)c2)C1. The fourth-order valence-corrected chi connectivity index (χ4v) is 6.19. The molecule has 1 heterocycles. The number of fused-ring (bicyclic) bond motifs is 1. The van der Waals surface area contributed by atoms with E-state index in [1.807, 2.05) is 12.1 Å². The van der Waals surface area contributed by atoms with Crippen molar-refractivity contribution < 1.29 is 13.9 Å². The maximum absolute atomic E-state index is 6.37. The quantitative estimate of drug-likeness (QED) is 0.254. The molecule has 0 atom stereocenters. The van der Waals surface area contributed by atoms with Crippen molar-refractivity contribution in [1.29, 1.82) is 0 Å². The fraction of sp³-hybridized carbons (Fsp3) is 0.622. The first kappa shape index (κ1) is 30.9. The summed E-state index contributed by atoms with van der Waals surface area (Å²) in [6.45, 7) is 22.7. The number of ether oxygens (including phenoxy) is 2. The van der Waals surface area contributed by atoms with Gasteiger partial charge in [-0.1, -0.05) is 46.8 Å². The fourth-order valence-electron chi connectivity index (χ4n) is 6.19. The van der Waals surface area contributed by atoms with Crippen molar-refractivity contribution in [3.63, 3.8) is 0 Å². The molecular weight excluding hydrogens is 520 g/mol. The van der Waals surface area contributed by atoms with E-state index in [1.54, 1.807) is 0 Å². The highest BCUT2D eigenvalue weighted by Crippen LogP contribution is 2.39. The third-order valence-corrected chi connectivity index (χ3v) is 9.46. The summed E-state index contributed by atoms with van der Waals surface area (Å²) >= 11 is 0. The highest BCUT2D eigenvalue weighted by molar-refractivity contribution is 5.79. The summed E-state index contributed by atoms with van der Waals surface area (Å²) in [6.07, 6.45) is 5.72. The van der Waals surface area contributed by atoms with Crippen LogP contribution in [0.2, 0.25) is 0 Å². The first-order chi connectivity index (χ1) is 19.5. The van der Waals surface area contributed by atoms with Gasteiger partial charge < -0.3 is 24.5 Å². The smallest absolute Gasteiger partial charge is 0.134 e. The standard InChI is InChI=1S/C37H54N2O3/c1-34(2,3)33-18-25-17-29(14-15-32(25)42-33)41-31-21-27(22-31)39-37(9,10)36(7,8)23-24-12-11-13-28(16-24)40-30-19-26(20-30)38-35(4,5)6/h11-18,26-27,30-31,38-39H,19-23H2,1-10H3. The van der Waals surface area contributed by atoms with Crippen LogP contribution in [0.3, 0.4) is 0 Å². The Morgan fingerprint density at radius 1 is 0.714 bits per heavy atom. The zero-order valence-corrected chi connectivity index (χ0v) is 27.7. The van der Waals surface area contributed by atoms with E-state index in [9.17, 15) is 0 Å². The van der Waals surface area contributed by atoms with Crippen molar-refractivity contribution in [2.24, 2.45) is 5.41 Å². The number of furan rings is 1. The van der Waals surface area contributed by atoms with E-state index >= 15 is 0 Å². The third-order valence-electron chi connectivity index (χ3n) is 9.46. The highest BCUT2D eigenvalue weighted by atomic mass is 16.5. The largest absolute Gasteiger partial charge is 0.490 e. The predicted octanol–water partition coefficient (Wildman–Crippen LogP) is 8.58. The Bertz CT molecular complexity index is 1360. The second-order valence-electron chi connectivity index (χ2n) is 16.2. The lowest BCUT2D eigenvalue weighted by Gasteiger charge is -2.48. The molecule has 1 aromatic heterocycles. The van der Waals surface area contributed by atoms with Gasteiger partial charge in [0, 0.05) is 34.0 Å². The molecule has 2 fully saturated rings. The molecule has 5 rings (SSSR count). The maximum Gasteiger partial charge on any atom is 0.134 e. The van der Waals surface area contributed by atoms with Crippen molar-refractivity contribution in [2.75, 3.05) is 0 Å². The molecule has 0 unspecified atom stereocenters. The summed E-state index contributed by atoms with van der Waals surface area (Å²) in [5, 5.41) is 8.77. The Labute approximate surface area is 254 Å². The van der Waals surface area contributed by atoms with Crippen LogP contribution in [0.1, 0.15) is 106 Å². The predicted molar refractivity (Wildman–Crippen MR) is 174 cm³/mol. The van der Waals surface area contributed by atoms with E-state index in [0.29, 0.717) is 18.2 Å². The number of hydrogen-bond donors (Lipinski definition) is 2. The van der Waals surface area contributed by atoms with E-state index in [-0.39, 0.29) is 28.0 Å². The van der Waals surface area contributed by atoms with Gasteiger partial charge in [-0.05, 0) is 114 Å².